The van der Waals surface area contributed by atoms with Gasteiger partial charge in [-0.1, -0.05) is 24.3 Å². The second-order valence-corrected chi connectivity index (χ2v) is 5.75. The number of rotatable bonds is 4. The normalized spacial score (nSPS) is 22.3. The molecule has 2 aliphatic carbocycles. The maximum Gasteiger partial charge on any atom is 0.227 e. The number of carbonyl (C=O) groups excluding carboxylic acids is 1. The molecule has 3 nitrogen and oxygen atoms in total. The monoisotopic (exact) mass is 244 g/mol. The largest absolute Gasteiger partial charge is 0.353 e. The van der Waals surface area contributed by atoms with E-state index in [1.807, 2.05) is 25.1 Å². The summed E-state index contributed by atoms with van der Waals surface area (Å²) >= 11 is 0. The predicted octanol–water partition coefficient (Wildman–Crippen LogP) is 2.02. The second-order valence-electron chi connectivity index (χ2n) is 5.75. The van der Waals surface area contributed by atoms with Gasteiger partial charge in [-0.05, 0) is 43.7 Å². The van der Waals surface area contributed by atoms with Crippen molar-refractivity contribution in [2.45, 2.75) is 50.1 Å². The molecule has 96 valence electrons. The Balaban J connectivity index is 1.84. The van der Waals surface area contributed by atoms with Crippen LogP contribution in [0.25, 0.3) is 0 Å². The van der Waals surface area contributed by atoms with Crippen molar-refractivity contribution in [2.75, 3.05) is 0 Å². The molecule has 2 fully saturated rings. The van der Waals surface area contributed by atoms with Gasteiger partial charge in [0.25, 0.3) is 0 Å². The van der Waals surface area contributed by atoms with Crippen molar-refractivity contribution in [1.29, 1.82) is 0 Å². The molecule has 1 aromatic rings. The zero-order valence-electron chi connectivity index (χ0n) is 10.8. The van der Waals surface area contributed by atoms with Crippen molar-refractivity contribution in [2.24, 2.45) is 5.73 Å². The number of amides is 1. The van der Waals surface area contributed by atoms with Gasteiger partial charge in [-0.2, -0.15) is 0 Å². The first-order chi connectivity index (χ1) is 8.60. The Hall–Kier alpha value is -1.35. The molecule has 3 N–H and O–H groups in total. The second kappa shape index (κ2) is 4.09. The van der Waals surface area contributed by atoms with Crippen LogP contribution in [0, 0.1) is 0 Å². The fourth-order valence-corrected chi connectivity index (χ4v) is 2.43. The van der Waals surface area contributed by atoms with Crippen LogP contribution < -0.4 is 11.1 Å². The minimum atomic E-state index is -0.176. The van der Waals surface area contributed by atoms with E-state index in [0.29, 0.717) is 6.04 Å². The lowest BCUT2D eigenvalue weighted by Crippen LogP contribution is -2.31. The molecule has 0 saturated heterocycles. The Labute approximate surface area is 108 Å². The smallest absolute Gasteiger partial charge is 0.227 e. The topological polar surface area (TPSA) is 55.1 Å². The van der Waals surface area contributed by atoms with Gasteiger partial charge in [0.1, 0.15) is 0 Å². The molecule has 3 heteroatoms. The van der Waals surface area contributed by atoms with Gasteiger partial charge in [0.2, 0.25) is 5.91 Å². The number of carbonyl (C=O) groups is 1. The van der Waals surface area contributed by atoms with Crippen LogP contribution in [0.4, 0.5) is 0 Å². The van der Waals surface area contributed by atoms with Gasteiger partial charge in [0.05, 0.1) is 5.92 Å². The lowest BCUT2D eigenvalue weighted by molar-refractivity contribution is -0.122. The van der Waals surface area contributed by atoms with Crippen LogP contribution in [-0.4, -0.2) is 11.9 Å². The summed E-state index contributed by atoms with van der Waals surface area (Å²) in [6.45, 7) is 1.97. The number of hydrogen-bond donors (Lipinski definition) is 2. The third kappa shape index (κ3) is 2.15. The quantitative estimate of drug-likeness (QED) is 0.851. The van der Waals surface area contributed by atoms with E-state index in [-0.39, 0.29) is 17.4 Å². The summed E-state index contributed by atoms with van der Waals surface area (Å²) in [5.41, 5.74) is 8.36. The SMILES string of the molecule is CC(C(=O)NC1CC1)c1ccccc1C1(N)CC1. The number of hydrogen-bond acceptors (Lipinski definition) is 2. The molecule has 0 spiro atoms. The highest BCUT2D eigenvalue weighted by atomic mass is 16.1. The minimum Gasteiger partial charge on any atom is -0.353 e. The molecule has 0 aliphatic heterocycles. The number of nitrogens with two attached hydrogens (primary N) is 1. The van der Waals surface area contributed by atoms with Crippen LogP contribution in [0.2, 0.25) is 0 Å². The van der Waals surface area contributed by atoms with Crippen LogP contribution in [-0.2, 0) is 10.3 Å². The Morgan fingerprint density at radius 1 is 1.39 bits per heavy atom. The molecule has 1 aromatic carbocycles. The van der Waals surface area contributed by atoms with E-state index in [1.54, 1.807) is 0 Å². The van der Waals surface area contributed by atoms with E-state index < -0.39 is 0 Å². The highest BCUT2D eigenvalue weighted by Crippen LogP contribution is 2.45. The Kier molecular flexibility index (Phi) is 2.67. The standard InChI is InChI=1S/C15H20N2O/c1-10(14(18)17-11-6-7-11)12-4-2-3-5-13(12)15(16)8-9-15/h2-5,10-11H,6-9,16H2,1H3,(H,17,18). The van der Waals surface area contributed by atoms with Gasteiger partial charge in [-0.25, -0.2) is 0 Å². The average molecular weight is 244 g/mol. The fourth-order valence-electron chi connectivity index (χ4n) is 2.43. The van der Waals surface area contributed by atoms with Crippen LogP contribution >= 0.6 is 0 Å². The third-order valence-corrected chi connectivity index (χ3v) is 4.07. The van der Waals surface area contributed by atoms with Gasteiger partial charge in [0.15, 0.2) is 0 Å². The summed E-state index contributed by atoms with van der Waals surface area (Å²) in [4.78, 5) is 12.1. The average Bonchev–Trinajstić information content (AvgIpc) is 3.27. The molecule has 0 aromatic heterocycles. The maximum absolute atomic E-state index is 12.1. The fraction of sp³-hybridized carbons (Fsp3) is 0.533. The Morgan fingerprint density at radius 2 is 2.06 bits per heavy atom. The van der Waals surface area contributed by atoms with Crippen molar-refractivity contribution in [3.63, 3.8) is 0 Å². The zero-order chi connectivity index (χ0) is 12.8. The molecule has 2 aliphatic rings. The Bertz CT molecular complexity index is 475. The highest BCUT2D eigenvalue weighted by Gasteiger charge is 2.42. The molecular formula is C15H20N2O. The zero-order valence-corrected chi connectivity index (χ0v) is 10.8. The molecular weight excluding hydrogens is 224 g/mol. The van der Waals surface area contributed by atoms with Gasteiger partial charge in [0, 0.05) is 11.6 Å². The van der Waals surface area contributed by atoms with E-state index in [9.17, 15) is 4.79 Å². The van der Waals surface area contributed by atoms with Crippen LogP contribution in [0.5, 0.6) is 0 Å². The minimum absolute atomic E-state index is 0.108. The van der Waals surface area contributed by atoms with Gasteiger partial charge < -0.3 is 11.1 Å². The summed E-state index contributed by atoms with van der Waals surface area (Å²) in [5, 5.41) is 3.07. The van der Waals surface area contributed by atoms with Crippen molar-refractivity contribution in [3.8, 4) is 0 Å². The molecule has 3 rings (SSSR count). The van der Waals surface area contributed by atoms with E-state index >= 15 is 0 Å². The van der Waals surface area contributed by atoms with Gasteiger partial charge >= 0.3 is 0 Å². The summed E-state index contributed by atoms with van der Waals surface area (Å²) in [6, 6.07) is 8.53. The highest BCUT2D eigenvalue weighted by molar-refractivity contribution is 5.84. The molecule has 0 bridgehead atoms. The van der Waals surface area contributed by atoms with Crippen molar-refractivity contribution < 1.29 is 4.79 Å². The first-order valence-corrected chi connectivity index (χ1v) is 6.79. The van der Waals surface area contributed by atoms with Crippen LogP contribution in [0.3, 0.4) is 0 Å². The number of benzene rings is 1. The van der Waals surface area contributed by atoms with Crippen molar-refractivity contribution >= 4 is 5.91 Å². The third-order valence-electron chi connectivity index (χ3n) is 4.07. The molecule has 0 radical (unpaired) electrons. The first kappa shape index (κ1) is 11.7. The van der Waals surface area contributed by atoms with Crippen molar-refractivity contribution in [1.82, 2.24) is 5.32 Å². The van der Waals surface area contributed by atoms with Crippen LogP contribution in [0.15, 0.2) is 24.3 Å². The Morgan fingerprint density at radius 3 is 2.67 bits per heavy atom. The molecule has 1 atom stereocenters. The summed E-state index contributed by atoms with van der Waals surface area (Å²) in [5.74, 6) is 0.0250. The lowest BCUT2D eigenvalue weighted by Gasteiger charge is -2.20. The van der Waals surface area contributed by atoms with E-state index in [4.69, 9.17) is 5.73 Å². The van der Waals surface area contributed by atoms with Crippen LogP contribution in [0.1, 0.15) is 49.7 Å². The van der Waals surface area contributed by atoms with Gasteiger partial charge in [-0.15, -0.1) is 0 Å². The molecule has 1 amide bonds. The number of nitrogens with one attached hydrogen (secondary N) is 1. The van der Waals surface area contributed by atoms with E-state index in [0.717, 1.165) is 36.8 Å². The molecule has 1 unspecified atom stereocenters. The predicted molar refractivity (Wildman–Crippen MR) is 71.1 cm³/mol. The maximum atomic E-state index is 12.1. The molecule has 0 heterocycles. The van der Waals surface area contributed by atoms with Crippen molar-refractivity contribution in [3.05, 3.63) is 35.4 Å². The summed E-state index contributed by atoms with van der Waals surface area (Å²) < 4.78 is 0. The van der Waals surface area contributed by atoms with Gasteiger partial charge in [-0.3, -0.25) is 4.79 Å². The summed E-state index contributed by atoms with van der Waals surface area (Å²) in [6.07, 6.45) is 4.31. The van der Waals surface area contributed by atoms with E-state index in [2.05, 4.69) is 11.4 Å². The molecule has 2 saturated carbocycles. The van der Waals surface area contributed by atoms with E-state index in [1.165, 1.54) is 0 Å². The first-order valence-electron chi connectivity index (χ1n) is 6.79. The summed E-state index contributed by atoms with van der Waals surface area (Å²) in [7, 11) is 0. The lowest BCUT2D eigenvalue weighted by atomic mass is 9.90. The molecule has 18 heavy (non-hydrogen) atoms.